The molecular formula is C11H14N2O2S. The van der Waals surface area contributed by atoms with E-state index in [4.69, 9.17) is 5.11 Å². The summed E-state index contributed by atoms with van der Waals surface area (Å²) in [4.78, 5) is 19.1. The molecule has 0 amide bonds. The first kappa shape index (κ1) is 11.4. The van der Waals surface area contributed by atoms with Gasteiger partial charge in [0.05, 0.1) is 6.42 Å². The van der Waals surface area contributed by atoms with Gasteiger partial charge in [-0.25, -0.2) is 9.97 Å². The Balaban J connectivity index is 1.90. The second kappa shape index (κ2) is 4.41. The first-order valence-electron chi connectivity index (χ1n) is 5.24. The van der Waals surface area contributed by atoms with E-state index in [0.717, 1.165) is 29.4 Å². The number of rotatable bonds is 5. The normalized spacial score (nSPS) is 17.1. The van der Waals surface area contributed by atoms with Gasteiger partial charge in [-0.15, -0.1) is 0 Å². The predicted octanol–water partition coefficient (Wildman–Crippen LogP) is 2.13. The molecule has 5 heteroatoms. The third-order valence-corrected chi connectivity index (χ3v) is 3.98. The summed E-state index contributed by atoms with van der Waals surface area (Å²) in [6.45, 7) is 1.93. The largest absolute Gasteiger partial charge is 0.481 e. The highest BCUT2D eigenvalue weighted by atomic mass is 32.2. The Kier molecular flexibility index (Phi) is 3.14. The van der Waals surface area contributed by atoms with E-state index in [0.29, 0.717) is 0 Å². The minimum Gasteiger partial charge on any atom is -0.481 e. The summed E-state index contributed by atoms with van der Waals surface area (Å²) in [5.74, 6) is 0.103. The van der Waals surface area contributed by atoms with Gasteiger partial charge >= 0.3 is 5.97 Å². The van der Waals surface area contributed by atoms with Crippen molar-refractivity contribution in [3.8, 4) is 0 Å². The Labute approximate surface area is 98.5 Å². The Morgan fingerprint density at radius 3 is 2.94 bits per heavy atom. The quantitative estimate of drug-likeness (QED) is 0.629. The fourth-order valence-electron chi connectivity index (χ4n) is 1.58. The van der Waals surface area contributed by atoms with Crippen LogP contribution >= 0.6 is 11.8 Å². The van der Waals surface area contributed by atoms with Crippen LogP contribution in [0.1, 0.15) is 25.0 Å². The lowest BCUT2D eigenvalue weighted by molar-refractivity contribution is -0.138. The van der Waals surface area contributed by atoms with Crippen LogP contribution in [-0.2, 0) is 4.79 Å². The lowest BCUT2D eigenvalue weighted by atomic mass is 10.1. The monoisotopic (exact) mass is 238 g/mol. The number of aryl methyl sites for hydroxylation is 1. The predicted molar refractivity (Wildman–Crippen MR) is 61.4 cm³/mol. The molecule has 1 fully saturated rings. The van der Waals surface area contributed by atoms with Crippen molar-refractivity contribution < 1.29 is 9.90 Å². The SMILES string of the molecule is Cc1ccnc(SCC2(CC(=O)O)CC2)n1. The van der Waals surface area contributed by atoms with Gasteiger partial charge in [0.25, 0.3) is 0 Å². The van der Waals surface area contributed by atoms with Crippen molar-refractivity contribution in [2.45, 2.75) is 31.3 Å². The minimum absolute atomic E-state index is 0.00358. The molecule has 1 aromatic rings. The highest BCUT2D eigenvalue weighted by molar-refractivity contribution is 7.99. The molecule has 0 saturated heterocycles. The Bertz CT molecular complexity index is 405. The van der Waals surface area contributed by atoms with Gasteiger partial charge in [0.15, 0.2) is 5.16 Å². The standard InChI is InChI=1S/C11H14N2O2S/c1-8-2-5-12-10(13-8)16-7-11(3-4-11)6-9(14)15/h2,5H,3-4,6-7H2,1H3,(H,14,15). The summed E-state index contributed by atoms with van der Waals surface area (Å²) in [5, 5.41) is 9.54. The third kappa shape index (κ3) is 2.95. The molecule has 1 N–H and O–H groups in total. The van der Waals surface area contributed by atoms with Crippen molar-refractivity contribution in [2.24, 2.45) is 5.41 Å². The van der Waals surface area contributed by atoms with Gasteiger partial charge in [-0.3, -0.25) is 4.79 Å². The summed E-state index contributed by atoms with van der Waals surface area (Å²) in [5.41, 5.74) is 0.949. The molecule has 1 saturated carbocycles. The van der Waals surface area contributed by atoms with Crippen LogP contribution in [0.3, 0.4) is 0 Å². The van der Waals surface area contributed by atoms with E-state index in [-0.39, 0.29) is 11.8 Å². The van der Waals surface area contributed by atoms with Gasteiger partial charge in [0.1, 0.15) is 0 Å². The first-order valence-corrected chi connectivity index (χ1v) is 6.22. The molecule has 4 nitrogen and oxygen atoms in total. The van der Waals surface area contributed by atoms with Crippen molar-refractivity contribution in [3.63, 3.8) is 0 Å². The first-order chi connectivity index (χ1) is 7.60. The van der Waals surface area contributed by atoms with Crippen LogP contribution in [0.25, 0.3) is 0 Å². The van der Waals surface area contributed by atoms with Gasteiger partial charge in [0.2, 0.25) is 0 Å². The second-order valence-corrected chi connectivity index (χ2v) is 5.28. The number of aromatic nitrogens is 2. The summed E-state index contributed by atoms with van der Waals surface area (Å²) >= 11 is 1.56. The Morgan fingerprint density at radius 2 is 2.38 bits per heavy atom. The lowest BCUT2D eigenvalue weighted by Gasteiger charge is -2.10. The molecule has 0 unspecified atom stereocenters. The maximum atomic E-state index is 10.7. The maximum Gasteiger partial charge on any atom is 0.303 e. The smallest absolute Gasteiger partial charge is 0.303 e. The number of hydrogen-bond acceptors (Lipinski definition) is 4. The van der Waals surface area contributed by atoms with E-state index in [1.807, 2.05) is 13.0 Å². The van der Waals surface area contributed by atoms with Crippen LogP contribution in [0.15, 0.2) is 17.4 Å². The number of carboxylic acid groups (broad SMARTS) is 1. The van der Waals surface area contributed by atoms with Crippen LogP contribution < -0.4 is 0 Å². The van der Waals surface area contributed by atoms with Crippen LogP contribution in [0, 0.1) is 12.3 Å². The Morgan fingerprint density at radius 1 is 1.62 bits per heavy atom. The van der Waals surface area contributed by atoms with E-state index in [1.165, 1.54) is 0 Å². The summed E-state index contributed by atoms with van der Waals surface area (Å²) in [6.07, 6.45) is 4.03. The molecule has 86 valence electrons. The van der Waals surface area contributed by atoms with Gasteiger partial charge in [0, 0.05) is 17.6 Å². The average Bonchev–Trinajstić information content (AvgIpc) is 2.95. The number of aliphatic carboxylic acids is 1. The van der Waals surface area contributed by atoms with E-state index in [1.54, 1.807) is 18.0 Å². The molecule has 1 aromatic heterocycles. The molecule has 0 atom stereocenters. The fraction of sp³-hybridized carbons (Fsp3) is 0.545. The highest BCUT2D eigenvalue weighted by Gasteiger charge is 2.44. The second-order valence-electron chi connectivity index (χ2n) is 4.34. The third-order valence-electron chi connectivity index (χ3n) is 2.76. The summed E-state index contributed by atoms with van der Waals surface area (Å²) in [7, 11) is 0. The zero-order valence-corrected chi connectivity index (χ0v) is 9.96. The van der Waals surface area contributed by atoms with Gasteiger partial charge < -0.3 is 5.11 Å². The van der Waals surface area contributed by atoms with Crippen LogP contribution in [0.2, 0.25) is 0 Å². The minimum atomic E-state index is -0.705. The molecule has 1 heterocycles. The highest BCUT2D eigenvalue weighted by Crippen LogP contribution is 2.51. The molecule has 0 bridgehead atoms. The summed E-state index contributed by atoms with van der Waals surface area (Å²) in [6, 6.07) is 1.86. The maximum absolute atomic E-state index is 10.7. The molecule has 0 aliphatic heterocycles. The number of carboxylic acids is 1. The summed E-state index contributed by atoms with van der Waals surface area (Å²) < 4.78 is 0. The molecule has 0 aromatic carbocycles. The molecule has 2 rings (SSSR count). The van der Waals surface area contributed by atoms with E-state index < -0.39 is 5.97 Å². The van der Waals surface area contributed by atoms with Crippen molar-refractivity contribution >= 4 is 17.7 Å². The average molecular weight is 238 g/mol. The van der Waals surface area contributed by atoms with E-state index in [2.05, 4.69) is 9.97 Å². The zero-order chi connectivity index (χ0) is 11.6. The molecule has 0 radical (unpaired) electrons. The molecule has 1 aliphatic carbocycles. The number of hydrogen-bond donors (Lipinski definition) is 1. The fourth-order valence-corrected chi connectivity index (χ4v) is 2.75. The van der Waals surface area contributed by atoms with Crippen LogP contribution in [-0.4, -0.2) is 26.8 Å². The van der Waals surface area contributed by atoms with Crippen LogP contribution in [0.4, 0.5) is 0 Å². The van der Waals surface area contributed by atoms with Crippen molar-refractivity contribution in [2.75, 3.05) is 5.75 Å². The van der Waals surface area contributed by atoms with Crippen molar-refractivity contribution in [1.29, 1.82) is 0 Å². The topological polar surface area (TPSA) is 63.1 Å². The van der Waals surface area contributed by atoms with Gasteiger partial charge in [-0.05, 0) is 31.2 Å². The number of carbonyl (C=O) groups is 1. The Hall–Kier alpha value is -1.10. The van der Waals surface area contributed by atoms with Crippen molar-refractivity contribution in [3.05, 3.63) is 18.0 Å². The number of thioether (sulfide) groups is 1. The number of nitrogens with zero attached hydrogens (tertiary/aromatic N) is 2. The van der Waals surface area contributed by atoms with Crippen LogP contribution in [0.5, 0.6) is 0 Å². The van der Waals surface area contributed by atoms with E-state index >= 15 is 0 Å². The molecular weight excluding hydrogens is 224 g/mol. The molecule has 16 heavy (non-hydrogen) atoms. The lowest BCUT2D eigenvalue weighted by Crippen LogP contribution is -2.11. The van der Waals surface area contributed by atoms with Gasteiger partial charge in [-0.1, -0.05) is 11.8 Å². The zero-order valence-electron chi connectivity index (χ0n) is 9.14. The van der Waals surface area contributed by atoms with Crippen molar-refractivity contribution in [1.82, 2.24) is 9.97 Å². The van der Waals surface area contributed by atoms with Gasteiger partial charge in [-0.2, -0.15) is 0 Å². The molecule has 1 aliphatic rings. The van der Waals surface area contributed by atoms with E-state index in [9.17, 15) is 4.79 Å². The molecule has 0 spiro atoms.